The third kappa shape index (κ3) is 3.35. The van der Waals surface area contributed by atoms with Gasteiger partial charge in [-0.1, -0.05) is 12.8 Å². The maximum atomic E-state index is 12.5. The summed E-state index contributed by atoms with van der Waals surface area (Å²) in [5.74, 6) is 0.634. The van der Waals surface area contributed by atoms with Crippen molar-refractivity contribution in [1.29, 1.82) is 0 Å². The molecule has 1 atom stereocenters. The number of amides is 1. The molecule has 1 heterocycles. The summed E-state index contributed by atoms with van der Waals surface area (Å²) in [6, 6.07) is 0.879. The fraction of sp³-hybridized carbons (Fsp3) is 0.923. The van der Waals surface area contributed by atoms with Gasteiger partial charge in [0.25, 0.3) is 0 Å². The van der Waals surface area contributed by atoms with Crippen LogP contribution in [0.15, 0.2) is 0 Å². The lowest BCUT2D eigenvalue weighted by Crippen LogP contribution is -2.47. The fourth-order valence-electron chi connectivity index (χ4n) is 3.11. The summed E-state index contributed by atoms with van der Waals surface area (Å²) in [6.07, 6.45) is 6.04. The van der Waals surface area contributed by atoms with Gasteiger partial charge in [-0.25, -0.2) is 0 Å². The number of nitrogens with zero attached hydrogens (tertiary/aromatic N) is 1. The minimum absolute atomic E-state index is 0. The lowest BCUT2D eigenvalue weighted by molar-refractivity contribution is -0.139. The molecule has 17 heavy (non-hydrogen) atoms. The van der Waals surface area contributed by atoms with Crippen LogP contribution in [0.3, 0.4) is 0 Å². The van der Waals surface area contributed by atoms with Crippen molar-refractivity contribution in [2.75, 3.05) is 13.1 Å². The van der Waals surface area contributed by atoms with Crippen LogP contribution < -0.4 is 5.32 Å². The first-order valence-corrected chi connectivity index (χ1v) is 6.73. The van der Waals surface area contributed by atoms with Gasteiger partial charge in [-0.2, -0.15) is 0 Å². The molecule has 1 aliphatic carbocycles. The van der Waals surface area contributed by atoms with E-state index in [1.165, 1.54) is 25.7 Å². The average molecular weight is 261 g/mol. The molecule has 0 aromatic heterocycles. The number of hydrogen-bond acceptors (Lipinski definition) is 2. The van der Waals surface area contributed by atoms with Crippen LogP contribution in [0.25, 0.3) is 0 Å². The van der Waals surface area contributed by atoms with Crippen molar-refractivity contribution in [1.82, 2.24) is 10.2 Å². The minimum Gasteiger partial charge on any atom is -0.337 e. The Labute approximate surface area is 111 Å². The van der Waals surface area contributed by atoms with Crippen LogP contribution in [0, 0.1) is 5.92 Å². The van der Waals surface area contributed by atoms with Crippen molar-refractivity contribution in [3.05, 3.63) is 0 Å². The first kappa shape index (κ1) is 14.8. The molecule has 2 aliphatic rings. The Balaban J connectivity index is 0.00000144. The predicted octanol–water partition coefficient (Wildman–Crippen LogP) is 2.20. The van der Waals surface area contributed by atoms with Gasteiger partial charge in [0.1, 0.15) is 0 Å². The number of halogens is 1. The van der Waals surface area contributed by atoms with Crippen LogP contribution in [-0.4, -0.2) is 36.0 Å². The summed E-state index contributed by atoms with van der Waals surface area (Å²) in [5.41, 5.74) is 0. The van der Waals surface area contributed by atoms with Crippen molar-refractivity contribution in [2.45, 2.75) is 58.0 Å². The van der Waals surface area contributed by atoms with E-state index < -0.39 is 0 Å². The van der Waals surface area contributed by atoms with Crippen molar-refractivity contribution in [3.8, 4) is 0 Å². The van der Waals surface area contributed by atoms with Crippen molar-refractivity contribution in [2.24, 2.45) is 5.92 Å². The van der Waals surface area contributed by atoms with Crippen LogP contribution >= 0.6 is 12.4 Å². The number of nitrogens with one attached hydrogen (secondary N) is 1. The second-order valence-electron chi connectivity index (χ2n) is 5.47. The molecule has 1 unspecified atom stereocenters. The molecule has 1 saturated heterocycles. The van der Waals surface area contributed by atoms with E-state index in [0.717, 1.165) is 19.5 Å². The van der Waals surface area contributed by atoms with Crippen LogP contribution in [-0.2, 0) is 4.79 Å². The lowest BCUT2D eigenvalue weighted by atomic mass is 10.0. The summed E-state index contributed by atoms with van der Waals surface area (Å²) in [6.45, 7) is 6.19. The Hall–Kier alpha value is -0.280. The highest BCUT2D eigenvalue weighted by Crippen LogP contribution is 2.27. The summed E-state index contributed by atoms with van der Waals surface area (Å²) in [5, 5.41) is 3.29. The summed E-state index contributed by atoms with van der Waals surface area (Å²) in [4.78, 5) is 14.6. The number of carbonyl (C=O) groups is 1. The first-order valence-electron chi connectivity index (χ1n) is 6.73. The molecule has 1 N–H and O–H groups in total. The SMILES string of the molecule is CC(C)N(C(=O)C1CCNC1)C1CCCC1.Cl. The Morgan fingerprint density at radius 1 is 1.24 bits per heavy atom. The second-order valence-corrected chi connectivity index (χ2v) is 5.47. The van der Waals surface area contributed by atoms with Crippen molar-refractivity contribution in [3.63, 3.8) is 0 Å². The summed E-state index contributed by atoms with van der Waals surface area (Å²) >= 11 is 0. The number of carbonyl (C=O) groups excluding carboxylic acids is 1. The van der Waals surface area contributed by atoms with Gasteiger partial charge in [0.05, 0.1) is 5.92 Å². The van der Waals surface area contributed by atoms with Crippen LogP contribution in [0.2, 0.25) is 0 Å². The van der Waals surface area contributed by atoms with Gasteiger partial charge in [0.2, 0.25) is 5.91 Å². The molecule has 0 radical (unpaired) electrons. The quantitative estimate of drug-likeness (QED) is 0.844. The molecule has 0 bridgehead atoms. The Bertz CT molecular complexity index is 246. The van der Waals surface area contributed by atoms with Gasteiger partial charge in [-0.3, -0.25) is 4.79 Å². The van der Waals surface area contributed by atoms with Crippen LogP contribution in [0.1, 0.15) is 46.0 Å². The molecule has 3 nitrogen and oxygen atoms in total. The maximum absolute atomic E-state index is 12.5. The molecule has 100 valence electrons. The highest BCUT2D eigenvalue weighted by Gasteiger charge is 2.33. The lowest BCUT2D eigenvalue weighted by Gasteiger charge is -2.34. The van der Waals surface area contributed by atoms with Gasteiger partial charge in [-0.15, -0.1) is 12.4 Å². The molecule has 1 saturated carbocycles. The fourth-order valence-corrected chi connectivity index (χ4v) is 3.11. The van der Waals surface area contributed by atoms with Gasteiger partial charge in [0.15, 0.2) is 0 Å². The molecule has 0 aromatic carbocycles. The Kier molecular flexibility index (Phi) is 5.74. The van der Waals surface area contributed by atoms with Crippen molar-refractivity contribution >= 4 is 18.3 Å². The predicted molar refractivity (Wildman–Crippen MR) is 72.5 cm³/mol. The zero-order valence-corrected chi connectivity index (χ0v) is 11.8. The highest BCUT2D eigenvalue weighted by atomic mass is 35.5. The molecule has 4 heteroatoms. The third-order valence-corrected chi connectivity index (χ3v) is 3.94. The van der Waals surface area contributed by atoms with E-state index in [-0.39, 0.29) is 18.3 Å². The number of rotatable bonds is 3. The van der Waals surface area contributed by atoms with E-state index in [1.54, 1.807) is 0 Å². The van der Waals surface area contributed by atoms with Gasteiger partial charge in [0, 0.05) is 18.6 Å². The van der Waals surface area contributed by atoms with Crippen LogP contribution in [0.5, 0.6) is 0 Å². The Morgan fingerprint density at radius 2 is 1.88 bits per heavy atom. The zero-order chi connectivity index (χ0) is 11.5. The molecule has 0 aromatic rings. The van der Waals surface area contributed by atoms with E-state index in [1.807, 2.05) is 0 Å². The molecule has 2 fully saturated rings. The molecular formula is C13H25ClN2O. The molecular weight excluding hydrogens is 236 g/mol. The molecule has 2 rings (SSSR count). The smallest absolute Gasteiger partial charge is 0.227 e. The zero-order valence-electron chi connectivity index (χ0n) is 10.9. The Morgan fingerprint density at radius 3 is 2.35 bits per heavy atom. The van der Waals surface area contributed by atoms with E-state index in [2.05, 4.69) is 24.1 Å². The average Bonchev–Trinajstić information content (AvgIpc) is 2.89. The van der Waals surface area contributed by atoms with E-state index >= 15 is 0 Å². The minimum atomic E-state index is 0. The highest BCUT2D eigenvalue weighted by molar-refractivity contribution is 5.85. The number of hydrogen-bond donors (Lipinski definition) is 1. The summed E-state index contributed by atoms with van der Waals surface area (Å²) in [7, 11) is 0. The second kappa shape index (κ2) is 6.60. The van der Waals surface area contributed by atoms with Gasteiger partial charge in [-0.05, 0) is 39.7 Å². The van der Waals surface area contributed by atoms with E-state index in [0.29, 0.717) is 18.0 Å². The largest absolute Gasteiger partial charge is 0.337 e. The van der Waals surface area contributed by atoms with Crippen molar-refractivity contribution < 1.29 is 4.79 Å². The van der Waals surface area contributed by atoms with E-state index in [4.69, 9.17) is 0 Å². The van der Waals surface area contributed by atoms with Gasteiger partial charge < -0.3 is 10.2 Å². The first-order chi connectivity index (χ1) is 7.70. The third-order valence-electron chi connectivity index (χ3n) is 3.94. The monoisotopic (exact) mass is 260 g/mol. The molecule has 1 aliphatic heterocycles. The normalized spacial score (nSPS) is 25.0. The van der Waals surface area contributed by atoms with Crippen LogP contribution in [0.4, 0.5) is 0 Å². The summed E-state index contributed by atoms with van der Waals surface area (Å²) < 4.78 is 0. The maximum Gasteiger partial charge on any atom is 0.227 e. The standard InChI is InChI=1S/C13H24N2O.ClH/c1-10(2)15(12-5-3-4-6-12)13(16)11-7-8-14-9-11;/h10-12,14H,3-9H2,1-2H3;1H. The topological polar surface area (TPSA) is 32.3 Å². The molecule has 0 spiro atoms. The van der Waals surface area contributed by atoms with Gasteiger partial charge >= 0.3 is 0 Å². The molecule has 1 amide bonds. The van der Waals surface area contributed by atoms with E-state index in [9.17, 15) is 4.79 Å².